The molecule has 1 fully saturated rings. The van der Waals surface area contributed by atoms with Crippen molar-refractivity contribution in [1.29, 1.82) is 0 Å². The number of benzene rings is 2. The summed E-state index contributed by atoms with van der Waals surface area (Å²) in [5.74, 6) is 0.609. The third-order valence-electron chi connectivity index (χ3n) is 4.57. The van der Waals surface area contributed by atoms with Crippen LogP contribution in [0.1, 0.15) is 15.9 Å². The number of esters is 1. The summed E-state index contributed by atoms with van der Waals surface area (Å²) < 4.78 is 21.1. The van der Waals surface area contributed by atoms with Gasteiger partial charge in [-0.2, -0.15) is 0 Å². The second-order valence-corrected chi connectivity index (χ2v) is 6.32. The van der Waals surface area contributed by atoms with E-state index in [1.165, 1.54) is 6.07 Å². The molecule has 2 heterocycles. The predicted octanol–water partition coefficient (Wildman–Crippen LogP) is 2.52. The van der Waals surface area contributed by atoms with Crippen molar-refractivity contribution >= 4 is 17.3 Å². The molecule has 0 N–H and O–H groups in total. The fraction of sp³-hybridized carbons (Fsp3) is 0.316. The number of nitro groups is 1. The highest BCUT2D eigenvalue weighted by Gasteiger charge is 2.24. The molecule has 0 saturated carbocycles. The zero-order valence-corrected chi connectivity index (χ0v) is 15.0. The molecule has 146 valence electrons. The number of fused-ring (bicyclic) bond motifs is 1. The summed E-state index contributed by atoms with van der Waals surface area (Å²) in [6, 6.07) is 9.63. The first-order valence-corrected chi connectivity index (χ1v) is 8.78. The Labute approximate surface area is 160 Å². The second kappa shape index (κ2) is 7.73. The van der Waals surface area contributed by atoms with E-state index in [0.717, 1.165) is 5.56 Å². The Bertz CT molecular complexity index is 909. The maximum atomic E-state index is 12.4. The van der Waals surface area contributed by atoms with E-state index in [0.29, 0.717) is 43.5 Å². The van der Waals surface area contributed by atoms with Crippen molar-refractivity contribution in [2.24, 2.45) is 0 Å². The molecule has 0 amide bonds. The summed E-state index contributed by atoms with van der Waals surface area (Å²) in [5.41, 5.74) is 1.21. The smallest absolute Gasteiger partial charge is 0.338 e. The number of carbonyl (C=O) groups excluding carboxylic acids is 1. The van der Waals surface area contributed by atoms with E-state index >= 15 is 0 Å². The summed E-state index contributed by atoms with van der Waals surface area (Å²) in [6.45, 7) is 2.34. The number of morpholine rings is 1. The normalized spacial score (nSPS) is 15.4. The van der Waals surface area contributed by atoms with Gasteiger partial charge in [-0.25, -0.2) is 4.79 Å². The van der Waals surface area contributed by atoms with E-state index in [-0.39, 0.29) is 24.7 Å². The standard InChI is InChI=1S/C19H18N2O7/c22-19(26-11-13-1-4-17-18(9-13)28-12-27-17)14-2-3-15(16(10-14)21(23)24)20-5-7-25-8-6-20/h1-4,9-10H,5-8,11-12H2. The molecule has 0 unspecified atom stereocenters. The minimum absolute atomic E-state index is 0.0223. The third kappa shape index (κ3) is 3.70. The van der Waals surface area contributed by atoms with Gasteiger partial charge in [0.25, 0.3) is 5.69 Å². The molecule has 2 aromatic carbocycles. The molecule has 0 atom stereocenters. The van der Waals surface area contributed by atoms with Gasteiger partial charge >= 0.3 is 5.97 Å². The fourth-order valence-corrected chi connectivity index (χ4v) is 3.13. The lowest BCUT2D eigenvalue weighted by Gasteiger charge is -2.28. The predicted molar refractivity (Wildman–Crippen MR) is 97.8 cm³/mol. The molecule has 0 aliphatic carbocycles. The number of hydrogen-bond acceptors (Lipinski definition) is 8. The molecule has 0 aromatic heterocycles. The number of nitrogens with zero attached hydrogens (tertiary/aromatic N) is 2. The van der Waals surface area contributed by atoms with Crippen molar-refractivity contribution in [2.45, 2.75) is 6.61 Å². The molecule has 2 aliphatic heterocycles. The van der Waals surface area contributed by atoms with E-state index in [4.69, 9.17) is 18.9 Å². The maximum Gasteiger partial charge on any atom is 0.338 e. The number of rotatable bonds is 5. The molecule has 9 heteroatoms. The third-order valence-corrected chi connectivity index (χ3v) is 4.57. The lowest BCUT2D eigenvalue weighted by atomic mass is 10.1. The van der Waals surface area contributed by atoms with Crippen LogP contribution >= 0.6 is 0 Å². The van der Waals surface area contributed by atoms with Crippen LogP contribution in [0, 0.1) is 10.1 Å². The lowest BCUT2D eigenvalue weighted by Crippen LogP contribution is -2.36. The highest BCUT2D eigenvalue weighted by Crippen LogP contribution is 2.33. The van der Waals surface area contributed by atoms with Crippen molar-refractivity contribution in [1.82, 2.24) is 0 Å². The van der Waals surface area contributed by atoms with Gasteiger partial charge in [0.1, 0.15) is 12.3 Å². The Balaban J connectivity index is 1.47. The zero-order valence-electron chi connectivity index (χ0n) is 15.0. The zero-order chi connectivity index (χ0) is 19.5. The topological polar surface area (TPSA) is 100 Å². The number of hydrogen-bond donors (Lipinski definition) is 0. The van der Waals surface area contributed by atoms with E-state index in [1.807, 2.05) is 4.90 Å². The maximum absolute atomic E-state index is 12.4. The minimum Gasteiger partial charge on any atom is -0.457 e. The summed E-state index contributed by atoms with van der Waals surface area (Å²) in [7, 11) is 0. The van der Waals surface area contributed by atoms with Crippen molar-refractivity contribution in [3.05, 3.63) is 57.6 Å². The van der Waals surface area contributed by atoms with Gasteiger partial charge in [-0.3, -0.25) is 10.1 Å². The number of nitro benzene ring substituents is 1. The average Bonchev–Trinajstić information content (AvgIpc) is 3.20. The Morgan fingerprint density at radius 3 is 2.68 bits per heavy atom. The Morgan fingerprint density at radius 2 is 1.89 bits per heavy atom. The second-order valence-electron chi connectivity index (χ2n) is 6.32. The molecule has 2 aromatic rings. The van der Waals surface area contributed by atoms with Crippen molar-refractivity contribution < 1.29 is 28.7 Å². The molecular formula is C19H18N2O7. The van der Waals surface area contributed by atoms with Crippen LogP contribution in [0.4, 0.5) is 11.4 Å². The first-order chi connectivity index (χ1) is 13.6. The molecular weight excluding hydrogens is 368 g/mol. The molecule has 4 rings (SSSR count). The van der Waals surface area contributed by atoms with E-state index in [2.05, 4.69) is 0 Å². The highest BCUT2D eigenvalue weighted by atomic mass is 16.7. The first-order valence-electron chi connectivity index (χ1n) is 8.78. The fourth-order valence-electron chi connectivity index (χ4n) is 3.13. The number of carbonyl (C=O) groups is 1. The van der Waals surface area contributed by atoms with Gasteiger partial charge in [-0.15, -0.1) is 0 Å². The van der Waals surface area contributed by atoms with Crippen LogP contribution in [0.15, 0.2) is 36.4 Å². The molecule has 0 spiro atoms. The van der Waals surface area contributed by atoms with Gasteiger partial charge < -0.3 is 23.8 Å². The van der Waals surface area contributed by atoms with Crippen LogP contribution in [0.3, 0.4) is 0 Å². The van der Waals surface area contributed by atoms with Gasteiger partial charge in [0, 0.05) is 19.2 Å². The van der Waals surface area contributed by atoms with Gasteiger partial charge in [-0.1, -0.05) is 6.07 Å². The molecule has 9 nitrogen and oxygen atoms in total. The average molecular weight is 386 g/mol. The lowest BCUT2D eigenvalue weighted by molar-refractivity contribution is -0.384. The monoisotopic (exact) mass is 386 g/mol. The Kier molecular flexibility index (Phi) is 4.98. The van der Waals surface area contributed by atoms with Crippen LogP contribution in [0.25, 0.3) is 0 Å². The van der Waals surface area contributed by atoms with Crippen molar-refractivity contribution in [3.8, 4) is 11.5 Å². The quantitative estimate of drug-likeness (QED) is 0.439. The first kappa shape index (κ1) is 18.1. The van der Waals surface area contributed by atoms with Crippen LogP contribution in [-0.2, 0) is 16.1 Å². The Hall–Kier alpha value is -3.33. The van der Waals surface area contributed by atoms with E-state index < -0.39 is 10.9 Å². The van der Waals surface area contributed by atoms with Crippen molar-refractivity contribution in [3.63, 3.8) is 0 Å². The van der Waals surface area contributed by atoms with E-state index in [1.54, 1.807) is 30.3 Å². The molecule has 2 aliphatic rings. The summed E-state index contributed by atoms with van der Waals surface area (Å²) in [5, 5.41) is 11.5. The Morgan fingerprint density at radius 1 is 1.11 bits per heavy atom. The summed E-state index contributed by atoms with van der Waals surface area (Å²) in [4.78, 5) is 25.3. The minimum atomic E-state index is -0.630. The summed E-state index contributed by atoms with van der Waals surface area (Å²) in [6.07, 6.45) is 0. The largest absolute Gasteiger partial charge is 0.457 e. The van der Waals surface area contributed by atoms with Crippen LogP contribution < -0.4 is 14.4 Å². The van der Waals surface area contributed by atoms with Crippen LogP contribution in [0.5, 0.6) is 11.5 Å². The highest BCUT2D eigenvalue weighted by molar-refractivity contribution is 5.91. The molecule has 28 heavy (non-hydrogen) atoms. The molecule has 0 bridgehead atoms. The van der Waals surface area contributed by atoms with Crippen LogP contribution in [-0.4, -0.2) is 44.0 Å². The number of anilines is 1. The SMILES string of the molecule is O=C(OCc1ccc2c(c1)OCO2)c1ccc(N2CCOCC2)c([N+](=O)[O-])c1. The van der Waals surface area contributed by atoms with Gasteiger partial charge in [-0.05, 0) is 29.8 Å². The molecule has 0 radical (unpaired) electrons. The van der Waals surface area contributed by atoms with Gasteiger partial charge in [0.05, 0.1) is 23.7 Å². The summed E-state index contributed by atoms with van der Waals surface area (Å²) >= 11 is 0. The van der Waals surface area contributed by atoms with Crippen LogP contribution in [0.2, 0.25) is 0 Å². The van der Waals surface area contributed by atoms with Gasteiger partial charge in [0.2, 0.25) is 6.79 Å². The number of ether oxygens (including phenoxy) is 4. The van der Waals surface area contributed by atoms with Crippen molar-refractivity contribution in [2.75, 3.05) is 38.0 Å². The van der Waals surface area contributed by atoms with E-state index in [9.17, 15) is 14.9 Å². The van der Waals surface area contributed by atoms with Gasteiger partial charge in [0.15, 0.2) is 11.5 Å². The molecule has 1 saturated heterocycles.